The highest BCUT2D eigenvalue weighted by atomic mass is 19.4. The average Bonchev–Trinajstić information content (AvgIpc) is 2.62. The zero-order valence-electron chi connectivity index (χ0n) is 12.3. The number of anilines is 1. The quantitative estimate of drug-likeness (QED) is 0.926. The molecule has 1 atom stereocenters. The molecule has 0 aromatic heterocycles. The van der Waals surface area contributed by atoms with Crippen LogP contribution in [0.15, 0.2) is 24.3 Å². The van der Waals surface area contributed by atoms with Gasteiger partial charge in [-0.05, 0) is 31.0 Å². The lowest BCUT2D eigenvalue weighted by atomic mass is 10.0. The summed E-state index contributed by atoms with van der Waals surface area (Å²) < 4.78 is 40.9. The number of hydrogen-bond acceptors (Lipinski definition) is 3. The van der Waals surface area contributed by atoms with Crippen LogP contribution in [0.2, 0.25) is 0 Å². The van der Waals surface area contributed by atoms with Crippen molar-refractivity contribution in [3.8, 4) is 5.75 Å². The van der Waals surface area contributed by atoms with Crippen LogP contribution in [0.25, 0.3) is 0 Å². The van der Waals surface area contributed by atoms with Gasteiger partial charge in [-0.3, -0.25) is 0 Å². The van der Waals surface area contributed by atoms with Gasteiger partial charge in [0.05, 0.1) is 0 Å². The third-order valence-corrected chi connectivity index (χ3v) is 3.65. The third kappa shape index (κ3) is 4.81. The molecule has 6 heteroatoms. The summed E-state index contributed by atoms with van der Waals surface area (Å²) in [7, 11) is 0. The Labute approximate surface area is 123 Å². The molecule has 1 heterocycles. The van der Waals surface area contributed by atoms with E-state index in [-0.39, 0.29) is 5.75 Å². The van der Waals surface area contributed by atoms with Gasteiger partial charge in [-0.15, -0.1) is 13.2 Å². The summed E-state index contributed by atoms with van der Waals surface area (Å²) in [5.41, 5.74) is 0.770. The summed E-state index contributed by atoms with van der Waals surface area (Å²) in [4.78, 5) is 2.12. The Bertz CT molecular complexity index is 462. The van der Waals surface area contributed by atoms with Crippen LogP contribution in [0.5, 0.6) is 5.75 Å². The fraction of sp³-hybridized carbons (Fsp3) is 0.600. The van der Waals surface area contributed by atoms with Gasteiger partial charge in [-0.2, -0.15) is 0 Å². The minimum atomic E-state index is -4.65. The van der Waals surface area contributed by atoms with Crippen molar-refractivity contribution in [3.63, 3.8) is 0 Å². The standard InChI is InChI=1S/C15H21F3N2O/c1-11(2)14-10-20(8-4-7-19-14)12-5-3-6-13(9-12)21-15(16,17)18/h3,5-6,9,11,14,19H,4,7-8,10H2,1-2H3. The Morgan fingerprint density at radius 2 is 2.10 bits per heavy atom. The molecule has 0 saturated carbocycles. The number of alkyl halides is 3. The molecule has 0 radical (unpaired) electrons. The van der Waals surface area contributed by atoms with Crippen LogP contribution < -0.4 is 15.0 Å². The molecule has 21 heavy (non-hydrogen) atoms. The van der Waals surface area contributed by atoms with Gasteiger partial charge < -0.3 is 15.0 Å². The fourth-order valence-electron chi connectivity index (χ4n) is 2.51. The van der Waals surface area contributed by atoms with Crippen molar-refractivity contribution in [3.05, 3.63) is 24.3 Å². The van der Waals surface area contributed by atoms with E-state index in [0.717, 1.165) is 31.7 Å². The van der Waals surface area contributed by atoms with E-state index in [1.54, 1.807) is 6.07 Å². The molecule has 1 aromatic carbocycles. The maximum Gasteiger partial charge on any atom is 0.573 e. The van der Waals surface area contributed by atoms with Gasteiger partial charge in [-0.25, -0.2) is 0 Å². The second kappa shape index (κ2) is 6.56. The second-order valence-corrected chi connectivity index (χ2v) is 5.65. The van der Waals surface area contributed by atoms with Crippen molar-refractivity contribution in [2.75, 3.05) is 24.5 Å². The van der Waals surface area contributed by atoms with Gasteiger partial charge in [-0.1, -0.05) is 19.9 Å². The van der Waals surface area contributed by atoms with Crippen LogP contribution in [0.4, 0.5) is 18.9 Å². The molecule has 1 fully saturated rings. The van der Waals surface area contributed by atoms with E-state index in [1.165, 1.54) is 12.1 Å². The summed E-state index contributed by atoms with van der Waals surface area (Å²) in [6, 6.07) is 6.54. The fourth-order valence-corrected chi connectivity index (χ4v) is 2.51. The van der Waals surface area contributed by atoms with E-state index in [9.17, 15) is 13.2 Å². The molecule has 1 aliphatic rings. The SMILES string of the molecule is CC(C)C1CN(c2cccc(OC(F)(F)F)c2)CCCN1. The molecule has 1 saturated heterocycles. The Morgan fingerprint density at radius 1 is 1.33 bits per heavy atom. The van der Waals surface area contributed by atoms with E-state index in [2.05, 4.69) is 28.8 Å². The van der Waals surface area contributed by atoms with E-state index in [4.69, 9.17) is 0 Å². The summed E-state index contributed by atoms with van der Waals surface area (Å²) in [5.74, 6) is 0.304. The van der Waals surface area contributed by atoms with Crippen molar-refractivity contribution >= 4 is 5.69 Å². The largest absolute Gasteiger partial charge is 0.573 e. The lowest BCUT2D eigenvalue weighted by Crippen LogP contribution is -2.41. The van der Waals surface area contributed by atoms with E-state index < -0.39 is 6.36 Å². The molecule has 1 unspecified atom stereocenters. The molecular formula is C15H21F3N2O. The highest BCUT2D eigenvalue weighted by Gasteiger charge is 2.31. The number of benzene rings is 1. The topological polar surface area (TPSA) is 24.5 Å². The minimum absolute atomic E-state index is 0.168. The molecule has 118 valence electrons. The van der Waals surface area contributed by atoms with Gasteiger partial charge >= 0.3 is 6.36 Å². The van der Waals surface area contributed by atoms with E-state index >= 15 is 0 Å². The van der Waals surface area contributed by atoms with Gasteiger partial charge in [0, 0.05) is 30.9 Å². The predicted molar refractivity (Wildman–Crippen MR) is 76.6 cm³/mol. The van der Waals surface area contributed by atoms with Crippen molar-refractivity contribution in [1.29, 1.82) is 0 Å². The molecule has 1 aliphatic heterocycles. The summed E-state index contributed by atoms with van der Waals surface area (Å²) in [6.07, 6.45) is -3.69. The number of nitrogens with one attached hydrogen (secondary N) is 1. The van der Waals surface area contributed by atoms with E-state index in [0.29, 0.717) is 12.0 Å². The van der Waals surface area contributed by atoms with Gasteiger partial charge in [0.25, 0.3) is 0 Å². The first-order valence-corrected chi connectivity index (χ1v) is 7.19. The van der Waals surface area contributed by atoms with Gasteiger partial charge in [0.2, 0.25) is 0 Å². The molecule has 0 aliphatic carbocycles. The van der Waals surface area contributed by atoms with Crippen LogP contribution in [0.1, 0.15) is 20.3 Å². The zero-order valence-corrected chi connectivity index (χ0v) is 12.3. The Morgan fingerprint density at radius 3 is 2.76 bits per heavy atom. The van der Waals surface area contributed by atoms with E-state index in [1.807, 2.05) is 6.07 Å². The Kier molecular flexibility index (Phi) is 4.98. The van der Waals surface area contributed by atoms with Crippen LogP contribution in [0.3, 0.4) is 0 Å². The maximum atomic E-state index is 12.3. The molecule has 0 bridgehead atoms. The second-order valence-electron chi connectivity index (χ2n) is 5.65. The van der Waals surface area contributed by atoms with Crippen molar-refractivity contribution in [2.45, 2.75) is 32.7 Å². The normalized spacial score (nSPS) is 20.5. The zero-order chi connectivity index (χ0) is 15.5. The monoisotopic (exact) mass is 302 g/mol. The van der Waals surface area contributed by atoms with Crippen LogP contribution in [-0.2, 0) is 0 Å². The third-order valence-electron chi connectivity index (χ3n) is 3.65. The van der Waals surface area contributed by atoms with Crippen molar-refractivity contribution in [1.82, 2.24) is 5.32 Å². The minimum Gasteiger partial charge on any atom is -0.406 e. The van der Waals surface area contributed by atoms with Gasteiger partial charge in [0.15, 0.2) is 0 Å². The van der Waals surface area contributed by atoms with Crippen LogP contribution in [-0.4, -0.2) is 32.0 Å². The van der Waals surface area contributed by atoms with Crippen molar-refractivity contribution in [2.24, 2.45) is 5.92 Å². The number of hydrogen-bond donors (Lipinski definition) is 1. The lowest BCUT2D eigenvalue weighted by molar-refractivity contribution is -0.274. The average molecular weight is 302 g/mol. The first kappa shape index (κ1) is 15.9. The highest BCUT2D eigenvalue weighted by Crippen LogP contribution is 2.27. The molecule has 0 spiro atoms. The predicted octanol–water partition coefficient (Wildman–Crippen LogP) is 3.41. The maximum absolute atomic E-state index is 12.3. The molecule has 2 rings (SSSR count). The van der Waals surface area contributed by atoms with Crippen LogP contribution >= 0.6 is 0 Å². The number of rotatable bonds is 3. The molecule has 1 N–H and O–H groups in total. The molecule has 0 amide bonds. The molecular weight excluding hydrogens is 281 g/mol. The molecule has 3 nitrogen and oxygen atoms in total. The Balaban J connectivity index is 2.14. The van der Waals surface area contributed by atoms with Crippen molar-refractivity contribution < 1.29 is 17.9 Å². The summed E-state index contributed by atoms with van der Waals surface area (Å²) >= 11 is 0. The first-order chi connectivity index (χ1) is 9.85. The van der Waals surface area contributed by atoms with Crippen LogP contribution in [0, 0.1) is 5.92 Å². The highest BCUT2D eigenvalue weighted by molar-refractivity contribution is 5.51. The van der Waals surface area contributed by atoms with Gasteiger partial charge in [0.1, 0.15) is 5.75 Å². The number of halogens is 3. The summed E-state index contributed by atoms with van der Waals surface area (Å²) in [6.45, 7) is 6.83. The lowest BCUT2D eigenvalue weighted by Gasteiger charge is -2.28. The first-order valence-electron chi connectivity index (χ1n) is 7.19. The Hall–Kier alpha value is -1.43. The number of ether oxygens (including phenoxy) is 1. The molecule has 1 aromatic rings. The number of nitrogens with zero attached hydrogens (tertiary/aromatic N) is 1. The smallest absolute Gasteiger partial charge is 0.406 e. The summed E-state index contributed by atoms with van der Waals surface area (Å²) in [5, 5.41) is 3.48.